The first kappa shape index (κ1) is 19.8. The van der Waals surface area contributed by atoms with Gasteiger partial charge in [-0.15, -0.1) is 5.10 Å². The van der Waals surface area contributed by atoms with Crippen molar-refractivity contribution in [2.45, 2.75) is 24.1 Å². The van der Waals surface area contributed by atoms with Crippen LogP contribution in [0, 0.1) is 11.6 Å². The van der Waals surface area contributed by atoms with E-state index in [9.17, 15) is 17.2 Å². The van der Waals surface area contributed by atoms with Crippen molar-refractivity contribution in [3.05, 3.63) is 47.3 Å². The highest BCUT2D eigenvalue weighted by molar-refractivity contribution is 7.89. The fourth-order valence-electron chi connectivity index (χ4n) is 3.67. The molecule has 162 valence electrons. The van der Waals surface area contributed by atoms with Crippen molar-refractivity contribution in [1.29, 1.82) is 0 Å². The van der Waals surface area contributed by atoms with Gasteiger partial charge < -0.3 is 14.6 Å². The largest absolute Gasteiger partial charge is 0.403 e. The lowest BCUT2D eigenvalue weighted by Crippen LogP contribution is -2.56. The topological polar surface area (TPSA) is 140 Å². The van der Waals surface area contributed by atoms with Crippen LogP contribution in [-0.4, -0.2) is 53.0 Å². The van der Waals surface area contributed by atoms with Crippen LogP contribution in [0.2, 0.25) is 0 Å². The number of hydrogen-bond donors (Lipinski definition) is 2. The zero-order valence-electron chi connectivity index (χ0n) is 16.0. The van der Waals surface area contributed by atoms with E-state index in [0.29, 0.717) is 24.4 Å². The summed E-state index contributed by atoms with van der Waals surface area (Å²) < 4.78 is 55.0. The van der Waals surface area contributed by atoms with Crippen LogP contribution < -0.4 is 15.4 Å². The van der Waals surface area contributed by atoms with E-state index in [1.807, 2.05) is 0 Å². The molecule has 1 aliphatic carbocycles. The highest BCUT2D eigenvalue weighted by atomic mass is 32.2. The number of halogens is 2. The number of nitrogens with zero attached hydrogens (tertiary/aromatic N) is 5. The van der Waals surface area contributed by atoms with Gasteiger partial charge in [0.05, 0.1) is 5.56 Å². The Balaban J connectivity index is 1.22. The number of primary sulfonamides is 1. The van der Waals surface area contributed by atoms with Gasteiger partial charge in [-0.3, -0.25) is 0 Å². The van der Waals surface area contributed by atoms with E-state index in [4.69, 9.17) is 9.56 Å². The Hall–Kier alpha value is -3.19. The number of anilines is 2. The fourth-order valence-corrected chi connectivity index (χ4v) is 4.45. The summed E-state index contributed by atoms with van der Waals surface area (Å²) in [6, 6.07) is 2.58. The van der Waals surface area contributed by atoms with E-state index in [0.717, 1.165) is 11.1 Å². The first-order valence-electron chi connectivity index (χ1n) is 9.42. The van der Waals surface area contributed by atoms with Gasteiger partial charge in [0.25, 0.3) is 5.89 Å². The zero-order valence-corrected chi connectivity index (χ0v) is 16.8. The van der Waals surface area contributed by atoms with E-state index in [2.05, 4.69) is 25.5 Å². The van der Waals surface area contributed by atoms with Gasteiger partial charge in [0, 0.05) is 31.5 Å². The number of hydrogen-bond acceptors (Lipinski definition) is 9. The van der Waals surface area contributed by atoms with Crippen molar-refractivity contribution in [3.8, 4) is 11.5 Å². The molecule has 3 heterocycles. The number of sulfonamides is 1. The molecule has 3 N–H and O–H groups in total. The summed E-state index contributed by atoms with van der Waals surface area (Å²) in [6.07, 6.45) is 4.11. The number of nitrogens with one attached hydrogen (secondary N) is 1. The van der Waals surface area contributed by atoms with Gasteiger partial charge in [0.1, 0.15) is 5.25 Å². The second-order valence-electron chi connectivity index (χ2n) is 7.59. The lowest BCUT2D eigenvalue weighted by atomic mass is 10.1. The molecule has 1 aliphatic heterocycles. The molecule has 3 aromatic rings. The van der Waals surface area contributed by atoms with Crippen LogP contribution in [0.1, 0.15) is 11.1 Å². The van der Waals surface area contributed by atoms with Gasteiger partial charge in [-0.05, 0) is 36.1 Å². The van der Waals surface area contributed by atoms with Crippen molar-refractivity contribution in [3.63, 3.8) is 0 Å². The molecule has 0 saturated carbocycles. The molecule has 0 radical (unpaired) electrons. The lowest BCUT2D eigenvalue weighted by Gasteiger charge is -2.35. The van der Waals surface area contributed by atoms with Crippen molar-refractivity contribution < 1.29 is 21.6 Å². The van der Waals surface area contributed by atoms with Crippen LogP contribution in [0.5, 0.6) is 0 Å². The average molecular weight is 449 g/mol. The molecule has 5 rings (SSSR count). The summed E-state index contributed by atoms with van der Waals surface area (Å²) in [7, 11) is -3.58. The Kier molecular flexibility index (Phi) is 4.59. The Labute approximate surface area is 175 Å². The lowest BCUT2D eigenvalue weighted by molar-refractivity contribution is 0.485. The van der Waals surface area contributed by atoms with Gasteiger partial charge in [0.15, 0.2) is 11.6 Å². The predicted molar refractivity (Wildman–Crippen MR) is 106 cm³/mol. The van der Waals surface area contributed by atoms with Crippen LogP contribution in [0.15, 0.2) is 28.9 Å². The molecule has 2 aromatic heterocycles. The number of nitrogens with two attached hydrogens (primary N) is 1. The van der Waals surface area contributed by atoms with Gasteiger partial charge in [-0.2, -0.15) is 0 Å². The van der Waals surface area contributed by atoms with Crippen LogP contribution in [0.4, 0.5) is 20.7 Å². The Morgan fingerprint density at radius 1 is 1.06 bits per heavy atom. The van der Waals surface area contributed by atoms with E-state index < -0.39 is 26.9 Å². The monoisotopic (exact) mass is 449 g/mol. The summed E-state index contributed by atoms with van der Waals surface area (Å²) in [5.41, 5.74) is 2.02. The quantitative estimate of drug-likeness (QED) is 0.580. The second-order valence-corrected chi connectivity index (χ2v) is 9.43. The third-order valence-corrected chi connectivity index (χ3v) is 6.63. The average Bonchev–Trinajstić information content (AvgIpc) is 3.27. The standard InChI is InChI=1S/C18H17F2N7O3S/c19-14-3-9-1-12(2-10(9)4-15(14)20)24-17-22-5-11(6-23-17)16-25-26-18(30-16)27-7-13(8-27)31(21,28)29/h3-6,12-13H,1-2,7-8H2,(H2,21,28,29)(H,22,23,24). The highest BCUT2D eigenvalue weighted by Gasteiger charge is 2.38. The van der Waals surface area contributed by atoms with E-state index in [-0.39, 0.29) is 31.0 Å². The Morgan fingerprint density at radius 2 is 1.68 bits per heavy atom. The molecule has 0 atom stereocenters. The third kappa shape index (κ3) is 3.81. The molecular formula is C18H17F2N7O3S. The molecular weight excluding hydrogens is 432 g/mol. The molecule has 31 heavy (non-hydrogen) atoms. The third-order valence-electron chi connectivity index (χ3n) is 5.40. The maximum atomic E-state index is 13.4. The number of rotatable bonds is 5. The molecule has 1 aromatic carbocycles. The van der Waals surface area contributed by atoms with Crippen LogP contribution >= 0.6 is 0 Å². The van der Waals surface area contributed by atoms with Gasteiger partial charge in [0.2, 0.25) is 16.0 Å². The second kappa shape index (κ2) is 7.20. The van der Waals surface area contributed by atoms with Crippen molar-refractivity contribution in [2.75, 3.05) is 23.3 Å². The minimum atomic E-state index is -3.58. The minimum absolute atomic E-state index is 0.0738. The smallest absolute Gasteiger partial charge is 0.318 e. The molecule has 1 saturated heterocycles. The van der Waals surface area contributed by atoms with Crippen molar-refractivity contribution in [2.24, 2.45) is 5.14 Å². The first-order valence-corrected chi connectivity index (χ1v) is 11.0. The summed E-state index contributed by atoms with van der Waals surface area (Å²) in [5, 5.41) is 15.5. The van der Waals surface area contributed by atoms with Crippen molar-refractivity contribution in [1.82, 2.24) is 20.2 Å². The number of fused-ring (bicyclic) bond motifs is 1. The van der Waals surface area contributed by atoms with Crippen molar-refractivity contribution >= 4 is 22.0 Å². The summed E-state index contributed by atoms with van der Waals surface area (Å²) in [6.45, 7) is 0.384. The van der Waals surface area contributed by atoms with E-state index >= 15 is 0 Å². The number of aromatic nitrogens is 4. The minimum Gasteiger partial charge on any atom is -0.403 e. The van der Waals surface area contributed by atoms with Gasteiger partial charge >= 0.3 is 6.01 Å². The maximum Gasteiger partial charge on any atom is 0.318 e. The van der Waals surface area contributed by atoms with E-state index in [1.54, 1.807) is 4.90 Å². The molecule has 10 nitrogen and oxygen atoms in total. The molecule has 13 heteroatoms. The Morgan fingerprint density at radius 3 is 2.26 bits per heavy atom. The zero-order chi connectivity index (χ0) is 21.8. The van der Waals surface area contributed by atoms with Crippen LogP contribution in [0.3, 0.4) is 0 Å². The normalized spacial score (nSPS) is 16.9. The summed E-state index contributed by atoms with van der Waals surface area (Å²) >= 11 is 0. The Bertz CT molecular complexity index is 1210. The SMILES string of the molecule is NS(=O)(=O)C1CN(c2nnc(-c3cnc(NC4Cc5cc(F)c(F)cc5C4)nc3)o2)C1. The van der Waals surface area contributed by atoms with Crippen LogP contribution in [-0.2, 0) is 22.9 Å². The number of benzene rings is 1. The highest BCUT2D eigenvalue weighted by Crippen LogP contribution is 2.28. The summed E-state index contributed by atoms with van der Waals surface area (Å²) in [4.78, 5) is 10.1. The first-order chi connectivity index (χ1) is 14.8. The molecule has 2 aliphatic rings. The van der Waals surface area contributed by atoms with Gasteiger partial charge in [-0.1, -0.05) is 5.10 Å². The van der Waals surface area contributed by atoms with E-state index in [1.165, 1.54) is 24.5 Å². The molecule has 1 fully saturated rings. The molecule has 0 amide bonds. The predicted octanol–water partition coefficient (Wildman–Crippen LogP) is 0.861. The fraction of sp³-hybridized carbons (Fsp3) is 0.333. The molecule has 0 bridgehead atoms. The van der Waals surface area contributed by atoms with Gasteiger partial charge in [-0.25, -0.2) is 32.3 Å². The van der Waals surface area contributed by atoms with Crippen LogP contribution in [0.25, 0.3) is 11.5 Å². The maximum absolute atomic E-state index is 13.4. The molecule has 0 spiro atoms. The summed E-state index contributed by atoms with van der Waals surface area (Å²) in [5.74, 6) is -1.14. The molecule has 0 unspecified atom stereocenters.